The predicted octanol–water partition coefficient (Wildman–Crippen LogP) is 5.36. The van der Waals surface area contributed by atoms with Crippen LogP contribution < -0.4 is 10.1 Å². The van der Waals surface area contributed by atoms with Crippen molar-refractivity contribution in [2.45, 2.75) is 25.8 Å². The molecule has 0 aliphatic carbocycles. The zero-order chi connectivity index (χ0) is 18.5. The van der Waals surface area contributed by atoms with Gasteiger partial charge in [-0.15, -0.1) is 0 Å². The number of alkyl halides is 2. The van der Waals surface area contributed by atoms with Gasteiger partial charge in [0.2, 0.25) is 0 Å². The molecular weight excluding hydrogens is 404 g/mol. The van der Waals surface area contributed by atoms with Crippen LogP contribution in [0.15, 0.2) is 40.9 Å². The second kappa shape index (κ2) is 6.16. The van der Waals surface area contributed by atoms with Crippen LogP contribution in [0.5, 0.6) is 5.75 Å². The topological polar surface area (TPSA) is 47.0 Å². The Morgan fingerprint density at radius 2 is 2.04 bits per heavy atom. The molecule has 0 saturated carbocycles. The lowest BCUT2D eigenvalue weighted by atomic mass is 10.0. The summed E-state index contributed by atoms with van der Waals surface area (Å²) in [5.74, 6) is -1.40. The fraction of sp³-hybridized carbons (Fsp3) is 0.263. The summed E-state index contributed by atoms with van der Waals surface area (Å²) in [4.78, 5) is 8.94. The summed E-state index contributed by atoms with van der Waals surface area (Å²) in [5.41, 5.74) is 1.44. The van der Waals surface area contributed by atoms with Crippen LogP contribution in [0.2, 0.25) is 0 Å². The molecule has 0 radical (unpaired) electrons. The van der Waals surface area contributed by atoms with E-state index in [0.717, 1.165) is 15.4 Å². The van der Waals surface area contributed by atoms with Crippen LogP contribution in [-0.2, 0) is 5.92 Å². The maximum Gasteiger partial charge on any atom is 0.310 e. The number of ether oxygens (including phenoxy) is 1. The lowest BCUT2D eigenvalue weighted by Crippen LogP contribution is -2.14. The van der Waals surface area contributed by atoms with E-state index < -0.39 is 12.5 Å². The predicted molar refractivity (Wildman–Crippen MR) is 99.8 cm³/mol. The van der Waals surface area contributed by atoms with Gasteiger partial charge in [-0.25, -0.2) is 9.97 Å². The minimum Gasteiger partial charge on any atom is -0.486 e. The molecule has 2 aromatic carbocycles. The number of rotatable bonds is 3. The third-order valence-electron chi connectivity index (χ3n) is 4.43. The SMILES string of the molecule is Cc1nc(NC(C)c2cccc3c2OCC3(F)F)c2cc(Br)ccc2n1. The molecule has 2 heterocycles. The van der Waals surface area contributed by atoms with E-state index in [-0.39, 0.29) is 17.4 Å². The summed E-state index contributed by atoms with van der Waals surface area (Å²) in [6, 6.07) is 10.3. The number of nitrogens with one attached hydrogen (secondary N) is 1. The zero-order valence-electron chi connectivity index (χ0n) is 14.2. The first-order chi connectivity index (χ1) is 12.3. The Morgan fingerprint density at radius 3 is 2.85 bits per heavy atom. The molecule has 4 rings (SSSR count). The Labute approximate surface area is 157 Å². The van der Waals surface area contributed by atoms with Crippen molar-refractivity contribution in [1.82, 2.24) is 9.97 Å². The normalized spacial score (nSPS) is 16.2. The summed E-state index contributed by atoms with van der Waals surface area (Å²) in [5, 5.41) is 4.19. The van der Waals surface area contributed by atoms with Crippen molar-refractivity contribution in [2.24, 2.45) is 0 Å². The molecule has 7 heteroatoms. The summed E-state index contributed by atoms with van der Waals surface area (Å²) >= 11 is 3.46. The van der Waals surface area contributed by atoms with E-state index in [1.807, 2.05) is 32.0 Å². The summed E-state index contributed by atoms with van der Waals surface area (Å²) in [7, 11) is 0. The minimum atomic E-state index is -2.95. The lowest BCUT2D eigenvalue weighted by Gasteiger charge is -2.19. The molecule has 1 aliphatic heterocycles. The summed E-state index contributed by atoms with van der Waals surface area (Å²) in [6.07, 6.45) is 0. The fourth-order valence-corrected chi connectivity index (χ4v) is 3.56. The van der Waals surface area contributed by atoms with Crippen LogP contribution in [0.4, 0.5) is 14.6 Å². The highest BCUT2D eigenvalue weighted by molar-refractivity contribution is 9.10. The van der Waals surface area contributed by atoms with E-state index in [1.54, 1.807) is 12.1 Å². The number of halogens is 3. The fourth-order valence-electron chi connectivity index (χ4n) is 3.20. The van der Waals surface area contributed by atoms with Gasteiger partial charge in [0, 0.05) is 15.4 Å². The number of aromatic nitrogens is 2. The van der Waals surface area contributed by atoms with Gasteiger partial charge in [0.1, 0.15) is 17.4 Å². The maximum absolute atomic E-state index is 13.9. The molecule has 134 valence electrons. The molecule has 26 heavy (non-hydrogen) atoms. The van der Waals surface area contributed by atoms with Crippen LogP contribution in [-0.4, -0.2) is 16.6 Å². The van der Waals surface area contributed by atoms with E-state index in [4.69, 9.17) is 4.74 Å². The summed E-state index contributed by atoms with van der Waals surface area (Å²) in [6.45, 7) is 3.10. The number of benzene rings is 2. The largest absolute Gasteiger partial charge is 0.486 e. The van der Waals surface area contributed by atoms with Gasteiger partial charge in [0.05, 0.1) is 17.1 Å². The Morgan fingerprint density at radius 1 is 1.23 bits per heavy atom. The van der Waals surface area contributed by atoms with Crippen molar-refractivity contribution in [2.75, 3.05) is 11.9 Å². The third-order valence-corrected chi connectivity index (χ3v) is 4.92. The average Bonchev–Trinajstić information content (AvgIpc) is 2.91. The molecule has 1 aromatic heterocycles. The third kappa shape index (κ3) is 2.90. The van der Waals surface area contributed by atoms with E-state index in [9.17, 15) is 8.78 Å². The zero-order valence-corrected chi connectivity index (χ0v) is 15.8. The Bertz CT molecular complexity index is 1010. The highest BCUT2D eigenvalue weighted by Crippen LogP contribution is 2.45. The molecule has 1 atom stereocenters. The molecule has 0 spiro atoms. The Kier molecular flexibility index (Phi) is 4.06. The quantitative estimate of drug-likeness (QED) is 0.620. The van der Waals surface area contributed by atoms with Gasteiger partial charge in [-0.2, -0.15) is 8.78 Å². The van der Waals surface area contributed by atoms with Crippen molar-refractivity contribution in [3.8, 4) is 5.75 Å². The second-order valence-corrected chi connectivity index (χ2v) is 7.28. The van der Waals surface area contributed by atoms with E-state index in [1.165, 1.54) is 6.07 Å². The van der Waals surface area contributed by atoms with Gasteiger partial charge in [-0.1, -0.05) is 28.1 Å². The number of aryl methyl sites for hydroxylation is 1. The molecule has 1 unspecified atom stereocenters. The second-order valence-electron chi connectivity index (χ2n) is 6.36. The van der Waals surface area contributed by atoms with Gasteiger partial charge in [-0.3, -0.25) is 0 Å². The monoisotopic (exact) mass is 419 g/mol. The van der Waals surface area contributed by atoms with E-state index in [2.05, 4.69) is 31.2 Å². The highest BCUT2D eigenvalue weighted by Gasteiger charge is 2.42. The van der Waals surface area contributed by atoms with Crippen LogP contribution in [0.3, 0.4) is 0 Å². The molecule has 0 saturated heterocycles. The standard InChI is InChI=1S/C19H16BrF2N3O/c1-10(13-4-3-5-15-17(13)26-9-19(15,21)22)23-18-14-8-12(20)6-7-16(14)24-11(2)25-18/h3-8,10H,9H2,1-2H3,(H,23,24,25). The first-order valence-electron chi connectivity index (χ1n) is 8.19. The van der Waals surface area contributed by atoms with E-state index in [0.29, 0.717) is 17.2 Å². The number of anilines is 1. The van der Waals surface area contributed by atoms with E-state index >= 15 is 0 Å². The first-order valence-corrected chi connectivity index (χ1v) is 8.99. The number of hydrogen-bond donors (Lipinski definition) is 1. The average molecular weight is 420 g/mol. The minimum absolute atomic E-state index is 0.0601. The number of nitrogens with zero attached hydrogens (tertiary/aromatic N) is 2. The first kappa shape index (κ1) is 17.1. The van der Waals surface area contributed by atoms with Crippen molar-refractivity contribution in [1.29, 1.82) is 0 Å². The molecule has 4 nitrogen and oxygen atoms in total. The molecular formula is C19H16BrF2N3O. The molecule has 1 N–H and O–H groups in total. The highest BCUT2D eigenvalue weighted by atomic mass is 79.9. The molecule has 0 amide bonds. The Hall–Kier alpha value is -2.28. The van der Waals surface area contributed by atoms with Crippen LogP contribution in [0.25, 0.3) is 10.9 Å². The molecule has 0 bridgehead atoms. The number of hydrogen-bond acceptors (Lipinski definition) is 4. The maximum atomic E-state index is 13.9. The lowest BCUT2D eigenvalue weighted by molar-refractivity contribution is -0.0214. The van der Waals surface area contributed by atoms with Gasteiger partial charge in [0.25, 0.3) is 0 Å². The number of para-hydroxylation sites is 1. The van der Waals surface area contributed by atoms with Crippen molar-refractivity contribution >= 4 is 32.7 Å². The molecule has 0 fully saturated rings. The van der Waals surface area contributed by atoms with Gasteiger partial charge < -0.3 is 10.1 Å². The molecule has 3 aromatic rings. The Balaban J connectivity index is 1.74. The van der Waals surface area contributed by atoms with Gasteiger partial charge >= 0.3 is 5.92 Å². The smallest absolute Gasteiger partial charge is 0.310 e. The van der Waals surface area contributed by atoms with Crippen molar-refractivity contribution < 1.29 is 13.5 Å². The molecule has 1 aliphatic rings. The van der Waals surface area contributed by atoms with Crippen molar-refractivity contribution in [3.63, 3.8) is 0 Å². The van der Waals surface area contributed by atoms with Crippen LogP contribution in [0.1, 0.15) is 29.9 Å². The van der Waals surface area contributed by atoms with Crippen LogP contribution in [0, 0.1) is 6.92 Å². The van der Waals surface area contributed by atoms with Crippen molar-refractivity contribution in [3.05, 3.63) is 57.8 Å². The number of fused-ring (bicyclic) bond motifs is 2. The summed E-state index contributed by atoms with van der Waals surface area (Å²) < 4.78 is 34.1. The van der Waals surface area contributed by atoms with Gasteiger partial charge in [0.15, 0.2) is 6.61 Å². The van der Waals surface area contributed by atoms with Crippen LogP contribution >= 0.6 is 15.9 Å². The van der Waals surface area contributed by atoms with Gasteiger partial charge in [-0.05, 0) is 38.1 Å².